The molecule has 0 spiro atoms. The van der Waals surface area contributed by atoms with Crippen LogP contribution >= 0.6 is 0 Å². The third-order valence-corrected chi connectivity index (χ3v) is 5.13. The maximum Gasteiger partial charge on any atom is 0.408 e. The van der Waals surface area contributed by atoms with Crippen molar-refractivity contribution in [2.45, 2.75) is 57.3 Å². The number of amides is 1. The van der Waals surface area contributed by atoms with E-state index < -0.39 is 23.4 Å². The Morgan fingerprint density at radius 2 is 1.96 bits per heavy atom. The molecule has 3 rings (SSSR count). The minimum Gasteiger partial charge on any atom is -0.444 e. The minimum absolute atomic E-state index is 0.143. The number of alkyl carbamates (subject to hydrolysis) is 1. The Kier molecular flexibility index (Phi) is 5.05. The van der Waals surface area contributed by atoms with Gasteiger partial charge in [-0.1, -0.05) is 30.3 Å². The summed E-state index contributed by atoms with van der Waals surface area (Å²) >= 11 is 0. The maximum absolute atomic E-state index is 14.7. The van der Waals surface area contributed by atoms with Crippen LogP contribution in [0.4, 0.5) is 9.18 Å². The van der Waals surface area contributed by atoms with Crippen molar-refractivity contribution in [3.63, 3.8) is 0 Å². The summed E-state index contributed by atoms with van der Waals surface area (Å²) in [5, 5.41) is 2.96. The van der Waals surface area contributed by atoms with Crippen molar-refractivity contribution in [2.24, 2.45) is 5.92 Å². The summed E-state index contributed by atoms with van der Waals surface area (Å²) in [4.78, 5) is 14.3. The average molecular weight is 348 g/mol. The van der Waals surface area contributed by atoms with Crippen LogP contribution in [-0.4, -0.2) is 47.9 Å². The number of alkyl halides is 1. The number of hydrogen-bond donors (Lipinski definition) is 1. The van der Waals surface area contributed by atoms with Gasteiger partial charge in [-0.25, -0.2) is 9.18 Å². The van der Waals surface area contributed by atoms with E-state index in [-0.39, 0.29) is 5.92 Å². The number of nitrogens with zero attached hydrogens (tertiary/aromatic N) is 1. The largest absolute Gasteiger partial charge is 0.444 e. The second-order valence-corrected chi connectivity index (χ2v) is 8.40. The zero-order valence-corrected chi connectivity index (χ0v) is 15.4. The Bertz CT molecular complexity index is 595. The summed E-state index contributed by atoms with van der Waals surface area (Å²) in [5.41, 5.74) is 0.324. The second-order valence-electron chi connectivity index (χ2n) is 8.40. The molecule has 5 heteroatoms. The van der Waals surface area contributed by atoms with Crippen LogP contribution in [0.2, 0.25) is 0 Å². The summed E-state index contributed by atoms with van der Waals surface area (Å²) in [6.45, 7) is 7.52. The maximum atomic E-state index is 14.7. The number of benzene rings is 1. The van der Waals surface area contributed by atoms with Crippen molar-refractivity contribution in [1.29, 1.82) is 0 Å². The van der Waals surface area contributed by atoms with E-state index in [0.29, 0.717) is 13.1 Å². The number of ether oxygens (including phenoxy) is 1. The van der Waals surface area contributed by atoms with Gasteiger partial charge in [0.15, 0.2) is 0 Å². The van der Waals surface area contributed by atoms with Crippen molar-refractivity contribution in [1.82, 2.24) is 10.2 Å². The molecule has 1 saturated carbocycles. The Labute approximate surface area is 149 Å². The van der Waals surface area contributed by atoms with Crippen molar-refractivity contribution in [3.8, 4) is 0 Å². The molecular formula is C20H29FN2O2. The van der Waals surface area contributed by atoms with Crippen molar-refractivity contribution in [3.05, 3.63) is 35.9 Å². The molecule has 1 amide bonds. The topological polar surface area (TPSA) is 41.6 Å². The zero-order valence-electron chi connectivity index (χ0n) is 15.4. The van der Waals surface area contributed by atoms with E-state index in [1.54, 1.807) is 0 Å². The predicted molar refractivity (Wildman–Crippen MR) is 96.3 cm³/mol. The molecule has 1 aliphatic carbocycles. The van der Waals surface area contributed by atoms with Crippen molar-refractivity contribution in [2.75, 3.05) is 19.6 Å². The number of hydrogen-bond acceptors (Lipinski definition) is 3. The number of nitrogens with one attached hydrogen (secondary N) is 1. The lowest BCUT2D eigenvalue weighted by atomic mass is 9.95. The number of carbonyl (C=O) groups is 1. The molecular weight excluding hydrogens is 319 g/mol. The van der Waals surface area contributed by atoms with Crippen molar-refractivity contribution < 1.29 is 13.9 Å². The first kappa shape index (κ1) is 18.2. The van der Waals surface area contributed by atoms with Gasteiger partial charge in [0, 0.05) is 25.6 Å². The van der Waals surface area contributed by atoms with Crippen molar-refractivity contribution >= 4 is 6.09 Å². The van der Waals surface area contributed by atoms with Crippen LogP contribution in [0.25, 0.3) is 0 Å². The summed E-state index contributed by atoms with van der Waals surface area (Å²) in [5.74, 6) is -0.143. The molecule has 1 saturated heterocycles. The Hall–Kier alpha value is -1.62. The van der Waals surface area contributed by atoms with Gasteiger partial charge >= 0.3 is 6.09 Å². The molecule has 1 aliphatic heterocycles. The normalized spacial score (nSPS) is 25.6. The first-order valence-electron chi connectivity index (χ1n) is 9.19. The standard InChI is InChI=1S/C20H29FN2O2/c1-19(2,3)25-18(24)22-20(10-11-20)16-13-23(14-17(16)21)12-9-15-7-5-4-6-8-15/h4-8,16-17H,9-14H2,1-3H3,(H,22,24). The molecule has 0 aromatic heterocycles. The number of rotatable bonds is 5. The highest BCUT2D eigenvalue weighted by atomic mass is 19.1. The molecule has 2 atom stereocenters. The van der Waals surface area contributed by atoms with E-state index in [9.17, 15) is 9.18 Å². The average Bonchev–Trinajstić information content (AvgIpc) is 3.18. The zero-order chi connectivity index (χ0) is 18.1. The van der Waals surface area contributed by atoms with Gasteiger partial charge in [-0.3, -0.25) is 4.90 Å². The third kappa shape index (κ3) is 4.72. The Morgan fingerprint density at radius 3 is 2.56 bits per heavy atom. The lowest BCUT2D eigenvalue weighted by molar-refractivity contribution is 0.0461. The van der Waals surface area contributed by atoms with Crippen LogP contribution in [0, 0.1) is 5.92 Å². The Balaban J connectivity index is 1.53. The van der Waals surface area contributed by atoms with Crippen LogP contribution in [0.3, 0.4) is 0 Å². The van der Waals surface area contributed by atoms with E-state index in [0.717, 1.165) is 25.8 Å². The highest BCUT2D eigenvalue weighted by molar-refractivity contribution is 5.69. The van der Waals surface area contributed by atoms with E-state index in [4.69, 9.17) is 4.74 Å². The van der Waals surface area contributed by atoms with E-state index >= 15 is 0 Å². The summed E-state index contributed by atoms with van der Waals surface area (Å²) < 4.78 is 20.0. The van der Waals surface area contributed by atoms with Crippen LogP contribution in [-0.2, 0) is 11.2 Å². The third-order valence-electron chi connectivity index (χ3n) is 5.13. The van der Waals surface area contributed by atoms with E-state index in [1.807, 2.05) is 39.0 Å². The summed E-state index contributed by atoms with van der Waals surface area (Å²) in [7, 11) is 0. The predicted octanol–water partition coefficient (Wildman–Crippen LogP) is 3.56. The fourth-order valence-electron chi connectivity index (χ4n) is 3.71. The summed E-state index contributed by atoms with van der Waals surface area (Å²) in [6, 6.07) is 10.3. The number of halogens is 1. The Morgan fingerprint density at radius 1 is 1.28 bits per heavy atom. The van der Waals surface area contributed by atoms with Crippen LogP contribution < -0.4 is 5.32 Å². The molecule has 2 fully saturated rings. The first-order valence-corrected chi connectivity index (χ1v) is 9.19. The van der Waals surface area contributed by atoms with Gasteiger partial charge in [0.25, 0.3) is 0 Å². The van der Waals surface area contributed by atoms with Gasteiger partial charge in [-0.05, 0) is 45.6 Å². The molecule has 2 aliphatic rings. The number of carbonyl (C=O) groups excluding carboxylic acids is 1. The van der Waals surface area contributed by atoms with Gasteiger partial charge in [0.2, 0.25) is 0 Å². The molecule has 1 aromatic rings. The van der Waals surface area contributed by atoms with Gasteiger partial charge in [0.05, 0.1) is 5.54 Å². The molecule has 1 heterocycles. The van der Waals surface area contributed by atoms with Crippen LogP contribution in [0.15, 0.2) is 30.3 Å². The first-order chi connectivity index (χ1) is 11.8. The van der Waals surface area contributed by atoms with Crippen LogP contribution in [0.1, 0.15) is 39.2 Å². The second kappa shape index (κ2) is 6.94. The molecule has 0 radical (unpaired) electrons. The molecule has 2 unspecified atom stereocenters. The highest BCUT2D eigenvalue weighted by Gasteiger charge is 2.56. The molecule has 0 bridgehead atoms. The fraction of sp³-hybridized carbons (Fsp3) is 0.650. The quantitative estimate of drug-likeness (QED) is 0.885. The van der Waals surface area contributed by atoms with Gasteiger partial charge < -0.3 is 10.1 Å². The van der Waals surface area contributed by atoms with Crippen LogP contribution in [0.5, 0.6) is 0 Å². The minimum atomic E-state index is -0.895. The molecule has 138 valence electrons. The molecule has 25 heavy (non-hydrogen) atoms. The lowest BCUT2D eigenvalue weighted by Gasteiger charge is -2.28. The van der Waals surface area contributed by atoms with E-state index in [2.05, 4.69) is 22.3 Å². The van der Waals surface area contributed by atoms with Gasteiger partial charge in [-0.15, -0.1) is 0 Å². The monoisotopic (exact) mass is 348 g/mol. The van der Waals surface area contributed by atoms with Gasteiger partial charge in [0.1, 0.15) is 11.8 Å². The lowest BCUT2D eigenvalue weighted by Crippen LogP contribution is -2.47. The smallest absolute Gasteiger partial charge is 0.408 e. The number of likely N-dealkylation sites (tertiary alicyclic amines) is 1. The molecule has 1 N–H and O–H groups in total. The van der Waals surface area contributed by atoms with Gasteiger partial charge in [-0.2, -0.15) is 0 Å². The molecule has 1 aromatic carbocycles. The SMILES string of the molecule is CC(C)(C)OC(=O)NC1(C2CN(CCc3ccccc3)CC2F)CC1. The molecule has 4 nitrogen and oxygen atoms in total. The fourth-order valence-corrected chi connectivity index (χ4v) is 3.71. The highest BCUT2D eigenvalue weighted by Crippen LogP contribution is 2.47. The summed E-state index contributed by atoms with van der Waals surface area (Å²) in [6.07, 6.45) is 1.27. The van der Waals surface area contributed by atoms with E-state index in [1.165, 1.54) is 5.56 Å².